The Labute approximate surface area is 136 Å². The largest absolute Gasteiger partial charge is 0.373 e. The number of nitrogens with zero attached hydrogens (tertiary/aromatic N) is 2. The van der Waals surface area contributed by atoms with E-state index < -0.39 is 0 Å². The lowest BCUT2D eigenvalue weighted by Gasteiger charge is -2.25. The monoisotopic (exact) mass is 351 g/mol. The van der Waals surface area contributed by atoms with Gasteiger partial charge >= 0.3 is 0 Å². The van der Waals surface area contributed by atoms with Crippen molar-refractivity contribution in [2.24, 2.45) is 0 Å². The number of nitrogens with one attached hydrogen (secondary N) is 1. The molecule has 3 nitrogen and oxygen atoms in total. The number of likely N-dealkylation sites (tertiary alicyclic amines) is 1. The summed E-state index contributed by atoms with van der Waals surface area (Å²) in [6.07, 6.45) is 5.43. The molecule has 2 fully saturated rings. The number of rotatable bonds is 7. The average Bonchev–Trinajstić information content (AvgIpc) is 3.16. The Kier molecular flexibility index (Phi) is 5.19. The van der Waals surface area contributed by atoms with Gasteiger partial charge in [0.2, 0.25) is 0 Å². The van der Waals surface area contributed by atoms with E-state index in [1.807, 2.05) is 0 Å². The highest BCUT2D eigenvalue weighted by molar-refractivity contribution is 9.10. The Morgan fingerprint density at radius 1 is 1.29 bits per heavy atom. The number of hydrogen-bond acceptors (Lipinski definition) is 3. The summed E-state index contributed by atoms with van der Waals surface area (Å²) in [5.74, 6) is 0. The molecule has 1 aromatic carbocycles. The van der Waals surface area contributed by atoms with Gasteiger partial charge in [-0.1, -0.05) is 15.9 Å². The minimum atomic E-state index is 0.756. The topological polar surface area (TPSA) is 18.5 Å². The van der Waals surface area contributed by atoms with Crippen LogP contribution in [0, 0.1) is 0 Å². The molecular weight excluding hydrogens is 326 g/mol. The van der Waals surface area contributed by atoms with E-state index in [4.69, 9.17) is 0 Å². The van der Waals surface area contributed by atoms with Crippen molar-refractivity contribution in [2.45, 2.75) is 38.3 Å². The molecule has 1 saturated carbocycles. The first kappa shape index (κ1) is 15.3. The van der Waals surface area contributed by atoms with E-state index in [2.05, 4.69) is 56.3 Å². The van der Waals surface area contributed by atoms with Gasteiger partial charge in [0.1, 0.15) is 0 Å². The van der Waals surface area contributed by atoms with Crippen molar-refractivity contribution in [1.29, 1.82) is 0 Å². The van der Waals surface area contributed by atoms with Crippen molar-refractivity contribution >= 4 is 21.6 Å². The quantitative estimate of drug-likeness (QED) is 0.813. The fourth-order valence-corrected chi connectivity index (χ4v) is 3.44. The summed E-state index contributed by atoms with van der Waals surface area (Å²) in [6.45, 7) is 5.84. The van der Waals surface area contributed by atoms with Gasteiger partial charge in [0.25, 0.3) is 0 Å². The normalized spacial score (nSPS) is 19.1. The van der Waals surface area contributed by atoms with Gasteiger partial charge in [0.15, 0.2) is 0 Å². The van der Waals surface area contributed by atoms with Crippen LogP contribution in [-0.4, -0.2) is 44.2 Å². The van der Waals surface area contributed by atoms with Crippen LogP contribution in [0.2, 0.25) is 0 Å². The van der Waals surface area contributed by atoms with Crippen molar-refractivity contribution in [3.05, 3.63) is 28.2 Å². The first-order valence-electron chi connectivity index (χ1n) is 8.18. The van der Waals surface area contributed by atoms with Crippen LogP contribution in [0.25, 0.3) is 0 Å². The van der Waals surface area contributed by atoms with Crippen LogP contribution >= 0.6 is 15.9 Å². The number of benzene rings is 1. The lowest BCUT2D eigenvalue weighted by atomic mass is 10.1. The van der Waals surface area contributed by atoms with Crippen LogP contribution in [0.5, 0.6) is 0 Å². The lowest BCUT2D eigenvalue weighted by Crippen LogP contribution is -2.32. The van der Waals surface area contributed by atoms with E-state index in [0.717, 1.165) is 19.1 Å². The zero-order valence-electron chi connectivity index (χ0n) is 12.9. The molecule has 1 aromatic rings. The van der Waals surface area contributed by atoms with Crippen molar-refractivity contribution in [2.75, 3.05) is 38.1 Å². The second kappa shape index (κ2) is 7.12. The summed E-state index contributed by atoms with van der Waals surface area (Å²) in [5, 5.41) is 3.63. The maximum Gasteiger partial charge on any atom is 0.0410 e. The standard InChI is InChI=1S/C17H26BrN3/c1-20(10-11-21-8-2-3-9-21)17-7-4-15(18)12-14(17)13-19-16-5-6-16/h4,7,12,16,19H,2-3,5-6,8-11,13H2,1H3. The molecule has 1 aliphatic heterocycles. The van der Waals surface area contributed by atoms with Gasteiger partial charge in [0, 0.05) is 42.9 Å². The predicted octanol–water partition coefficient (Wildman–Crippen LogP) is 3.23. The first-order valence-corrected chi connectivity index (χ1v) is 8.97. The Hall–Kier alpha value is -0.580. The van der Waals surface area contributed by atoms with Crippen molar-refractivity contribution in [3.63, 3.8) is 0 Å². The Morgan fingerprint density at radius 3 is 2.76 bits per heavy atom. The first-order chi connectivity index (χ1) is 10.2. The van der Waals surface area contributed by atoms with Crippen LogP contribution in [-0.2, 0) is 6.54 Å². The molecule has 4 heteroatoms. The maximum atomic E-state index is 3.63. The summed E-state index contributed by atoms with van der Waals surface area (Å²) in [6, 6.07) is 7.42. The molecule has 1 N–H and O–H groups in total. The number of hydrogen-bond donors (Lipinski definition) is 1. The molecule has 0 atom stereocenters. The van der Waals surface area contributed by atoms with Crippen LogP contribution in [0.3, 0.4) is 0 Å². The van der Waals surface area contributed by atoms with Gasteiger partial charge in [0.05, 0.1) is 0 Å². The van der Waals surface area contributed by atoms with Crippen LogP contribution in [0.4, 0.5) is 5.69 Å². The molecule has 0 aromatic heterocycles. The molecule has 1 heterocycles. The molecule has 21 heavy (non-hydrogen) atoms. The van der Waals surface area contributed by atoms with E-state index in [-0.39, 0.29) is 0 Å². The molecule has 3 rings (SSSR count). The van der Waals surface area contributed by atoms with Crippen LogP contribution in [0.15, 0.2) is 22.7 Å². The highest BCUT2D eigenvalue weighted by Gasteiger charge is 2.21. The molecule has 1 aliphatic carbocycles. The van der Waals surface area contributed by atoms with Gasteiger partial charge in [-0.25, -0.2) is 0 Å². The molecule has 0 spiro atoms. The fourth-order valence-electron chi connectivity index (χ4n) is 3.03. The van der Waals surface area contributed by atoms with Crippen molar-refractivity contribution < 1.29 is 0 Å². The van der Waals surface area contributed by atoms with Gasteiger partial charge < -0.3 is 15.1 Å². The molecule has 0 bridgehead atoms. The highest BCUT2D eigenvalue weighted by atomic mass is 79.9. The van der Waals surface area contributed by atoms with E-state index in [9.17, 15) is 0 Å². The molecule has 0 amide bonds. The third-order valence-electron chi connectivity index (χ3n) is 4.56. The van der Waals surface area contributed by atoms with Crippen molar-refractivity contribution in [1.82, 2.24) is 10.2 Å². The highest BCUT2D eigenvalue weighted by Crippen LogP contribution is 2.26. The number of likely N-dealkylation sites (N-methyl/N-ethyl adjacent to an activating group) is 1. The van der Waals surface area contributed by atoms with E-state index in [1.165, 1.54) is 61.0 Å². The Balaban J connectivity index is 1.60. The van der Waals surface area contributed by atoms with E-state index >= 15 is 0 Å². The number of anilines is 1. The minimum Gasteiger partial charge on any atom is -0.373 e. The smallest absolute Gasteiger partial charge is 0.0410 e. The Morgan fingerprint density at radius 2 is 2.05 bits per heavy atom. The van der Waals surface area contributed by atoms with Gasteiger partial charge in [-0.3, -0.25) is 0 Å². The van der Waals surface area contributed by atoms with Crippen molar-refractivity contribution in [3.8, 4) is 0 Å². The molecule has 0 radical (unpaired) electrons. The average molecular weight is 352 g/mol. The zero-order valence-corrected chi connectivity index (χ0v) is 14.5. The molecule has 0 unspecified atom stereocenters. The summed E-state index contributed by atoms with van der Waals surface area (Å²) in [4.78, 5) is 4.99. The minimum absolute atomic E-state index is 0.756. The number of halogens is 1. The lowest BCUT2D eigenvalue weighted by molar-refractivity contribution is 0.346. The molecule has 2 aliphatic rings. The molecular formula is C17H26BrN3. The third-order valence-corrected chi connectivity index (χ3v) is 5.05. The zero-order chi connectivity index (χ0) is 14.7. The molecule has 116 valence electrons. The maximum absolute atomic E-state index is 3.63. The summed E-state index contributed by atoms with van der Waals surface area (Å²) < 4.78 is 1.17. The summed E-state index contributed by atoms with van der Waals surface area (Å²) >= 11 is 3.61. The fraction of sp³-hybridized carbons (Fsp3) is 0.647. The van der Waals surface area contributed by atoms with Gasteiger partial charge in [-0.2, -0.15) is 0 Å². The van der Waals surface area contributed by atoms with E-state index in [1.54, 1.807) is 0 Å². The second-order valence-corrected chi connectivity index (χ2v) is 7.31. The van der Waals surface area contributed by atoms with Gasteiger partial charge in [-0.05, 0) is 62.5 Å². The third kappa shape index (κ3) is 4.44. The predicted molar refractivity (Wildman–Crippen MR) is 92.9 cm³/mol. The summed E-state index contributed by atoms with van der Waals surface area (Å²) in [5.41, 5.74) is 2.77. The van der Waals surface area contributed by atoms with Gasteiger partial charge in [-0.15, -0.1) is 0 Å². The van der Waals surface area contributed by atoms with Crippen LogP contribution in [0.1, 0.15) is 31.2 Å². The second-order valence-electron chi connectivity index (χ2n) is 6.40. The SMILES string of the molecule is CN(CCN1CCCC1)c1ccc(Br)cc1CNC1CC1. The molecule has 1 saturated heterocycles. The van der Waals surface area contributed by atoms with Crippen LogP contribution < -0.4 is 10.2 Å². The summed E-state index contributed by atoms with van der Waals surface area (Å²) in [7, 11) is 2.22. The van der Waals surface area contributed by atoms with E-state index in [0.29, 0.717) is 0 Å². The Bertz CT molecular complexity index is 467.